The molecular formula is C22H26N4O4. The van der Waals surface area contributed by atoms with E-state index in [1.807, 2.05) is 24.3 Å². The van der Waals surface area contributed by atoms with Crippen LogP contribution in [0.5, 0.6) is 11.5 Å². The van der Waals surface area contributed by atoms with Crippen molar-refractivity contribution in [2.45, 2.75) is 0 Å². The molecule has 0 unspecified atom stereocenters. The number of ether oxygens (including phenoxy) is 3. The molecular weight excluding hydrogens is 384 g/mol. The number of aromatic nitrogens is 2. The normalized spacial score (nSPS) is 17.9. The maximum atomic E-state index is 5.47. The highest BCUT2D eigenvalue weighted by atomic mass is 16.6. The Morgan fingerprint density at radius 1 is 0.967 bits per heavy atom. The van der Waals surface area contributed by atoms with Gasteiger partial charge in [-0.05, 0) is 45.7 Å². The molecule has 8 nitrogen and oxygen atoms in total. The molecule has 0 radical (unpaired) electrons. The van der Waals surface area contributed by atoms with Crippen LogP contribution < -0.4 is 14.4 Å². The molecule has 158 valence electrons. The molecule has 2 fully saturated rings. The lowest BCUT2D eigenvalue weighted by Gasteiger charge is -2.43. The van der Waals surface area contributed by atoms with E-state index in [9.17, 15) is 0 Å². The molecule has 2 aromatic carbocycles. The van der Waals surface area contributed by atoms with Gasteiger partial charge in [0.15, 0.2) is 17.0 Å². The van der Waals surface area contributed by atoms with E-state index in [2.05, 4.69) is 26.2 Å². The highest BCUT2D eigenvalue weighted by Crippen LogP contribution is 2.38. The van der Waals surface area contributed by atoms with E-state index in [0.29, 0.717) is 17.4 Å². The summed E-state index contributed by atoms with van der Waals surface area (Å²) in [5, 5.41) is 8.26. The lowest BCUT2D eigenvalue weighted by atomic mass is 9.96. The monoisotopic (exact) mass is 410 g/mol. The van der Waals surface area contributed by atoms with Gasteiger partial charge in [0.05, 0.1) is 33.1 Å². The van der Waals surface area contributed by atoms with Gasteiger partial charge in [-0.3, -0.25) is 4.90 Å². The number of fused-ring (bicyclic) bond motifs is 1. The average molecular weight is 410 g/mol. The summed E-state index contributed by atoms with van der Waals surface area (Å²) in [5.74, 6) is 2.06. The smallest absolute Gasteiger partial charge is 0.161 e. The van der Waals surface area contributed by atoms with E-state index in [0.717, 1.165) is 73.8 Å². The third kappa shape index (κ3) is 3.57. The van der Waals surface area contributed by atoms with Crippen molar-refractivity contribution in [2.75, 3.05) is 65.1 Å². The Balaban J connectivity index is 1.39. The van der Waals surface area contributed by atoms with Crippen molar-refractivity contribution in [2.24, 2.45) is 5.92 Å². The lowest BCUT2D eigenvalue weighted by molar-refractivity contribution is 0.0286. The molecule has 5 rings (SSSR count). The number of hydrogen-bond acceptors (Lipinski definition) is 8. The summed E-state index contributed by atoms with van der Waals surface area (Å²) in [4.78, 5) is 4.86. The summed E-state index contributed by atoms with van der Waals surface area (Å²) in [7, 11) is 3.28. The molecule has 3 aromatic rings. The van der Waals surface area contributed by atoms with Gasteiger partial charge in [0.1, 0.15) is 5.52 Å². The second kappa shape index (κ2) is 8.12. The van der Waals surface area contributed by atoms with Gasteiger partial charge in [0.2, 0.25) is 0 Å². The topological polar surface area (TPSA) is 73.1 Å². The standard InChI is InChI=1S/C22H26N4O4/c1-27-20-4-3-16(11-21(20)28-2)17-9-18-22(24-30-23-18)19(10-17)26-13-15(14-26)12-25-5-7-29-8-6-25/h3-4,9-11,15H,5-8,12-14H2,1-2H3. The third-order valence-corrected chi connectivity index (χ3v) is 5.98. The van der Waals surface area contributed by atoms with Crippen molar-refractivity contribution in [1.82, 2.24) is 15.2 Å². The quantitative estimate of drug-likeness (QED) is 0.614. The van der Waals surface area contributed by atoms with Crippen molar-refractivity contribution < 1.29 is 18.8 Å². The van der Waals surface area contributed by atoms with Crippen LogP contribution in [0.2, 0.25) is 0 Å². The number of nitrogens with zero attached hydrogens (tertiary/aromatic N) is 4. The number of rotatable bonds is 6. The Bertz CT molecular complexity index is 1030. The van der Waals surface area contributed by atoms with Crippen LogP contribution in [0, 0.1) is 5.92 Å². The zero-order valence-electron chi connectivity index (χ0n) is 17.3. The van der Waals surface area contributed by atoms with E-state index >= 15 is 0 Å². The predicted molar refractivity (Wildman–Crippen MR) is 113 cm³/mol. The molecule has 3 heterocycles. The Morgan fingerprint density at radius 2 is 1.77 bits per heavy atom. The highest BCUT2D eigenvalue weighted by molar-refractivity contribution is 5.93. The summed E-state index contributed by atoms with van der Waals surface area (Å²) in [6.07, 6.45) is 0. The Labute approximate surface area is 175 Å². The number of methoxy groups -OCH3 is 2. The van der Waals surface area contributed by atoms with E-state index in [-0.39, 0.29) is 0 Å². The van der Waals surface area contributed by atoms with Crippen molar-refractivity contribution >= 4 is 16.7 Å². The van der Waals surface area contributed by atoms with Gasteiger partial charge >= 0.3 is 0 Å². The summed E-state index contributed by atoms with van der Waals surface area (Å²) in [5.41, 5.74) is 4.71. The molecule has 0 atom stereocenters. The molecule has 1 aromatic heterocycles. The molecule has 0 spiro atoms. The second-order valence-corrected chi connectivity index (χ2v) is 7.88. The lowest BCUT2D eigenvalue weighted by Crippen LogP contribution is -2.53. The number of morpholine rings is 1. The molecule has 30 heavy (non-hydrogen) atoms. The van der Waals surface area contributed by atoms with Crippen molar-refractivity contribution in [3.05, 3.63) is 30.3 Å². The predicted octanol–water partition coefficient (Wildman–Crippen LogP) is 2.68. The number of anilines is 1. The van der Waals surface area contributed by atoms with Crippen LogP contribution in [0.1, 0.15) is 0 Å². The second-order valence-electron chi connectivity index (χ2n) is 7.88. The maximum absolute atomic E-state index is 5.47. The van der Waals surface area contributed by atoms with Gasteiger partial charge in [-0.1, -0.05) is 6.07 Å². The fourth-order valence-corrected chi connectivity index (χ4v) is 4.33. The molecule has 2 saturated heterocycles. The number of benzene rings is 2. The summed E-state index contributed by atoms with van der Waals surface area (Å²) in [6, 6.07) is 10.1. The molecule has 0 aliphatic carbocycles. The minimum absolute atomic E-state index is 0.655. The van der Waals surface area contributed by atoms with E-state index in [4.69, 9.17) is 18.8 Å². The van der Waals surface area contributed by atoms with Crippen molar-refractivity contribution in [1.29, 1.82) is 0 Å². The van der Waals surface area contributed by atoms with Gasteiger partial charge in [-0.25, -0.2) is 4.63 Å². The zero-order chi connectivity index (χ0) is 20.5. The fourth-order valence-electron chi connectivity index (χ4n) is 4.33. The minimum atomic E-state index is 0.655. The molecule has 0 amide bonds. The van der Waals surface area contributed by atoms with Gasteiger partial charge in [0, 0.05) is 38.6 Å². The first-order valence-corrected chi connectivity index (χ1v) is 10.3. The van der Waals surface area contributed by atoms with Gasteiger partial charge in [-0.2, -0.15) is 0 Å². The Kier molecular flexibility index (Phi) is 5.18. The van der Waals surface area contributed by atoms with Crippen LogP contribution >= 0.6 is 0 Å². The first-order chi connectivity index (χ1) is 14.7. The Hall–Kier alpha value is -2.84. The van der Waals surface area contributed by atoms with Gasteiger partial charge in [-0.15, -0.1) is 0 Å². The van der Waals surface area contributed by atoms with Gasteiger partial charge < -0.3 is 19.1 Å². The van der Waals surface area contributed by atoms with E-state index in [1.165, 1.54) is 0 Å². The minimum Gasteiger partial charge on any atom is -0.493 e. The first-order valence-electron chi connectivity index (χ1n) is 10.3. The van der Waals surface area contributed by atoms with Crippen molar-refractivity contribution in [3.63, 3.8) is 0 Å². The van der Waals surface area contributed by atoms with Crippen molar-refractivity contribution in [3.8, 4) is 22.6 Å². The molecule has 8 heteroatoms. The summed E-state index contributed by atoms with van der Waals surface area (Å²) < 4.78 is 21.3. The van der Waals surface area contributed by atoms with Crippen LogP contribution in [0.25, 0.3) is 22.2 Å². The fraction of sp³-hybridized carbons (Fsp3) is 0.455. The molecule has 0 N–H and O–H groups in total. The summed E-state index contributed by atoms with van der Waals surface area (Å²) >= 11 is 0. The SMILES string of the molecule is COc1ccc(-c2cc(N3CC(CN4CCOCC4)C3)c3nonc3c2)cc1OC. The highest BCUT2D eigenvalue weighted by Gasteiger charge is 2.31. The van der Waals surface area contributed by atoms with Crippen LogP contribution in [-0.4, -0.2) is 75.4 Å². The summed E-state index contributed by atoms with van der Waals surface area (Å²) in [6.45, 7) is 6.88. The van der Waals surface area contributed by atoms with Gasteiger partial charge in [0.25, 0.3) is 0 Å². The van der Waals surface area contributed by atoms with E-state index in [1.54, 1.807) is 14.2 Å². The van der Waals surface area contributed by atoms with E-state index < -0.39 is 0 Å². The number of hydrogen-bond donors (Lipinski definition) is 0. The van der Waals surface area contributed by atoms with Crippen LogP contribution in [-0.2, 0) is 4.74 Å². The molecule has 0 bridgehead atoms. The van der Waals surface area contributed by atoms with Crippen LogP contribution in [0.15, 0.2) is 35.0 Å². The zero-order valence-corrected chi connectivity index (χ0v) is 17.3. The Morgan fingerprint density at radius 3 is 2.53 bits per heavy atom. The average Bonchev–Trinajstić information content (AvgIpc) is 3.24. The molecule has 2 aliphatic rings. The molecule has 0 saturated carbocycles. The van der Waals surface area contributed by atoms with Crippen LogP contribution in [0.3, 0.4) is 0 Å². The maximum Gasteiger partial charge on any atom is 0.161 e. The molecule has 2 aliphatic heterocycles. The van der Waals surface area contributed by atoms with Crippen LogP contribution in [0.4, 0.5) is 5.69 Å². The largest absolute Gasteiger partial charge is 0.493 e. The first kappa shape index (κ1) is 19.1. The third-order valence-electron chi connectivity index (χ3n) is 5.98.